The van der Waals surface area contributed by atoms with E-state index in [1.165, 1.54) is 71.8 Å². The molecule has 2 saturated heterocycles. The number of nitrogens with zero attached hydrogens (tertiary/aromatic N) is 2. The van der Waals surface area contributed by atoms with Gasteiger partial charge in [0.15, 0.2) is 0 Å². The Bertz CT molecular complexity index is 491. The first kappa shape index (κ1) is 36.0. The summed E-state index contributed by atoms with van der Waals surface area (Å²) in [6.45, 7) is 35.6. The molecule has 2 aliphatic rings. The highest BCUT2D eigenvalue weighted by Crippen LogP contribution is 2.51. The lowest BCUT2D eigenvalue weighted by molar-refractivity contribution is -0.0346. The predicted molar refractivity (Wildman–Crippen MR) is 158 cm³/mol. The first-order valence-corrected chi connectivity index (χ1v) is 14.7. The second kappa shape index (κ2) is 15.9. The van der Waals surface area contributed by atoms with Crippen molar-refractivity contribution in [3.8, 4) is 0 Å². The average Bonchev–Trinajstić information content (AvgIpc) is 2.82. The summed E-state index contributed by atoms with van der Waals surface area (Å²) in [5.41, 5.74) is 6.09. The van der Waals surface area contributed by atoms with Crippen LogP contribution in [0, 0.1) is 28.1 Å². The Labute approximate surface area is 218 Å². The maximum absolute atomic E-state index is 4.50. The van der Waals surface area contributed by atoms with E-state index in [0.717, 1.165) is 11.8 Å². The van der Waals surface area contributed by atoms with Gasteiger partial charge >= 0.3 is 0 Å². The van der Waals surface area contributed by atoms with Crippen molar-refractivity contribution >= 4 is 0 Å². The molecule has 0 aromatic carbocycles. The first-order valence-electron chi connectivity index (χ1n) is 14.7. The maximum Gasteiger partial charge on any atom is 0.0158 e. The Morgan fingerprint density at radius 2 is 1.06 bits per heavy atom. The van der Waals surface area contributed by atoms with E-state index in [0.29, 0.717) is 21.8 Å². The fourth-order valence-corrected chi connectivity index (χ4v) is 6.38. The quantitative estimate of drug-likeness (QED) is 0.395. The van der Waals surface area contributed by atoms with Gasteiger partial charge in [-0.15, -0.1) is 0 Å². The van der Waals surface area contributed by atoms with Crippen molar-refractivity contribution in [3.63, 3.8) is 0 Å². The van der Waals surface area contributed by atoms with E-state index < -0.39 is 0 Å². The molecule has 0 aliphatic carbocycles. The van der Waals surface area contributed by atoms with E-state index in [-0.39, 0.29) is 0 Å². The van der Waals surface area contributed by atoms with Crippen molar-refractivity contribution in [2.75, 3.05) is 40.3 Å². The van der Waals surface area contributed by atoms with Crippen LogP contribution in [0.5, 0.6) is 0 Å². The highest BCUT2D eigenvalue weighted by Gasteiger charge is 2.45. The van der Waals surface area contributed by atoms with Gasteiger partial charge in [-0.2, -0.15) is 0 Å². The summed E-state index contributed by atoms with van der Waals surface area (Å²) in [6.07, 6.45) is 8.09. The zero-order valence-electron chi connectivity index (χ0n) is 26.7. The van der Waals surface area contributed by atoms with Gasteiger partial charge in [-0.3, -0.25) is 4.90 Å². The molecule has 3 nitrogen and oxygen atoms in total. The van der Waals surface area contributed by atoms with Crippen LogP contribution in [-0.4, -0.2) is 55.6 Å². The summed E-state index contributed by atoms with van der Waals surface area (Å²) in [5.74, 6) is 1.74. The van der Waals surface area contributed by atoms with Crippen molar-refractivity contribution in [3.05, 3.63) is 0 Å². The smallest absolute Gasteiger partial charge is 0.0158 e. The molecule has 2 aliphatic heterocycles. The Hall–Kier alpha value is -0.120. The Balaban J connectivity index is 0. The molecule has 3 heteroatoms. The van der Waals surface area contributed by atoms with Crippen molar-refractivity contribution in [2.45, 2.75) is 134 Å². The van der Waals surface area contributed by atoms with E-state index in [1.54, 1.807) is 0 Å². The summed E-state index contributed by atoms with van der Waals surface area (Å²) < 4.78 is 0. The van der Waals surface area contributed by atoms with Crippen LogP contribution >= 0.6 is 0 Å². The molecular formula is C31H69N3. The van der Waals surface area contributed by atoms with Crippen molar-refractivity contribution < 1.29 is 0 Å². The fraction of sp³-hybridized carbons (Fsp3) is 1.00. The van der Waals surface area contributed by atoms with Gasteiger partial charge in [0, 0.05) is 5.54 Å². The van der Waals surface area contributed by atoms with Crippen molar-refractivity contribution in [1.82, 2.24) is 9.80 Å². The molecule has 0 amide bonds. The van der Waals surface area contributed by atoms with E-state index in [1.807, 2.05) is 27.7 Å². The Morgan fingerprint density at radius 3 is 1.44 bits per heavy atom. The Morgan fingerprint density at radius 1 is 0.676 bits per heavy atom. The zero-order valence-corrected chi connectivity index (χ0v) is 26.7. The molecule has 0 radical (unpaired) electrons. The summed E-state index contributed by atoms with van der Waals surface area (Å²) in [6, 6.07) is 0. The third kappa shape index (κ3) is 9.74. The summed E-state index contributed by atoms with van der Waals surface area (Å²) in [4.78, 5) is 5.33. The normalized spacial score (nSPS) is 19.8. The average molecular weight is 484 g/mol. The molecule has 2 heterocycles. The van der Waals surface area contributed by atoms with Gasteiger partial charge in [0.2, 0.25) is 0 Å². The zero-order chi connectivity index (χ0) is 27.4. The molecule has 2 fully saturated rings. The van der Waals surface area contributed by atoms with E-state index in [4.69, 9.17) is 0 Å². The van der Waals surface area contributed by atoms with Gasteiger partial charge in [0.05, 0.1) is 0 Å². The van der Waals surface area contributed by atoms with Gasteiger partial charge in [-0.1, -0.05) is 82.6 Å². The molecule has 208 valence electrons. The topological polar surface area (TPSA) is 32.5 Å². The minimum atomic E-state index is 0.308. The van der Waals surface area contributed by atoms with E-state index >= 15 is 0 Å². The van der Waals surface area contributed by atoms with Crippen LogP contribution in [0.2, 0.25) is 0 Å². The molecule has 0 saturated carbocycles. The van der Waals surface area contributed by atoms with Gasteiger partial charge in [-0.05, 0) is 114 Å². The van der Waals surface area contributed by atoms with Crippen LogP contribution in [-0.2, 0) is 0 Å². The van der Waals surface area contributed by atoms with E-state index in [2.05, 4.69) is 84.9 Å². The molecule has 0 aromatic rings. The number of hydrogen-bond acceptors (Lipinski definition) is 3. The predicted octanol–water partition coefficient (Wildman–Crippen LogP) is 8.32. The number of hydrogen-bond donors (Lipinski definition) is 1. The molecule has 34 heavy (non-hydrogen) atoms. The summed E-state index contributed by atoms with van der Waals surface area (Å²) >= 11 is 0. The second-order valence-electron chi connectivity index (χ2n) is 12.8. The van der Waals surface area contributed by atoms with Crippen LogP contribution < -0.4 is 5.73 Å². The first-order chi connectivity index (χ1) is 15.7. The molecule has 0 spiro atoms. The van der Waals surface area contributed by atoms with Crippen LogP contribution in [0.1, 0.15) is 129 Å². The highest BCUT2D eigenvalue weighted by atomic mass is 15.2. The highest BCUT2D eigenvalue weighted by molar-refractivity contribution is 4.97. The second-order valence-corrected chi connectivity index (χ2v) is 12.8. The third-order valence-corrected chi connectivity index (χ3v) is 9.71. The number of piperidine rings is 2. The summed E-state index contributed by atoms with van der Waals surface area (Å²) in [5, 5.41) is 0. The Kier molecular flexibility index (Phi) is 16.8. The minimum Gasteiger partial charge on any atom is -0.333 e. The molecule has 0 aromatic heterocycles. The largest absolute Gasteiger partial charge is 0.333 e. The third-order valence-electron chi connectivity index (χ3n) is 9.71. The maximum atomic E-state index is 4.50. The SMILES string of the molecule is CC.CC.CCC(C)(C)C(C)(C)C1CCN(C(C)(C)CC(C)(C)C2CCN(C)CC2)CC1.CN. The number of likely N-dealkylation sites (tertiary alicyclic amines) is 2. The molecule has 0 atom stereocenters. The van der Waals surface area contributed by atoms with Crippen LogP contribution in [0.25, 0.3) is 0 Å². The van der Waals surface area contributed by atoms with Crippen LogP contribution in [0.4, 0.5) is 0 Å². The molecular weight excluding hydrogens is 414 g/mol. The fourth-order valence-electron chi connectivity index (χ4n) is 6.38. The lowest BCUT2D eigenvalue weighted by Crippen LogP contribution is -2.53. The standard InChI is InChI=1S/C26H52N2.2C2H6.CH5N/c1-11-24(4,5)26(8,9)22-14-18-28(19-15-22)25(6,7)20-23(2,3)21-12-16-27(10)17-13-21;3*1-2/h21-22H,11-20H2,1-10H3;2*1-2H3;2H2,1H3. The van der Waals surface area contributed by atoms with Crippen LogP contribution in [0.3, 0.4) is 0 Å². The van der Waals surface area contributed by atoms with Gasteiger partial charge in [0.25, 0.3) is 0 Å². The molecule has 0 bridgehead atoms. The molecule has 0 unspecified atom stereocenters. The number of nitrogens with two attached hydrogens (primary N) is 1. The monoisotopic (exact) mass is 484 g/mol. The van der Waals surface area contributed by atoms with E-state index in [9.17, 15) is 0 Å². The number of rotatable bonds is 7. The van der Waals surface area contributed by atoms with Crippen molar-refractivity contribution in [2.24, 2.45) is 33.8 Å². The van der Waals surface area contributed by atoms with Gasteiger partial charge in [0.1, 0.15) is 0 Å². The molecule has 2 N–H and O–H groups in total. The van der Waals surface area contributed by atoms with Gasteiger partial charge < -0.3 is 10.6 Å². The van der Waals surface area contributed by atoms with Crippen molar-refractivity contribution in [1.29, 1.82) is 0 Å². The minimum absolute atomic E-state index is 0.308. The van der Waals surface area contributed by atoms with Gasteiger partial charge in [-0.25, -0.2) is 0 Å². The lowest BCUT2D eigenvalue weighted by atomic mass is 9.58. The molecule has 2 rings (SSSR count). The lowest BCUT2D eigenvalue weighted by Gasteiger charge is -2.53. The van der Waals surface area contributed by atoms with Crippen LogP contribution in [0.15, 0.2) is 0 Å². The summed E-state index contributed by atoms with van der Waals surface area (Å²) in [7, 11) is 3.78.